The van der Waals surface area contributed by atoms with Crippen molar-refractivity contribution in [3.8, 4) is 0 Å². The Balaban J connectivity index is 1.68. The van der Waals surface area contributed by atoms with E-state index in [9.17, 15) is 19.5 Å². The van der Waals surface area contributed by atoms with Crippen LogP contribution in [0.15, 0.2) is 48.5 Å². The highest BCUT2D eigenvalue weighted by atomic mass is 35.5. The number of fused-ring (bicyclic) bond motifs is 4. The van der Waals surface area contributed by atoms with Crippen molar-refractivity contribution in [3.63, 3.8) is 0 Å². The number of carbonyl (C=O) groups is 3. The Hall–Kier alpha value is -2.74. The number of rotatable bonds is 2. The third-order valence-corrected chi connectivity index (χ3v) is 7.03. The van der Waals surface area contributed by atoms with E-state index in [1.54, 1.807) is 69.3 Å². The molecule has 5 atom stereocenters. The number of hydrogen-bond donors (Lipinski definition) is 3. The van der Waals surface area contributed by atoms with E-state index in [1.165, 1.54) is 4.90 Å². The van der Waals surface area contributed by atoms with Crippen molar-refractivity contribution in [1.82, 2.24) is 10.2 Å². The van der Waals surface area contributed by atoms with Gasteiger partial charge < -0.3 is 10.4 Å². The quantitative estimate of drug-likeness (QED) is 0.607. The van der Waals surface area contributed by atoms with Gasteiger partial charge in [0.15, 0.2) is 0 Å². The van der Waals surface area contributed by atoms with Crippen LogP contribution in [0.5, 0.6) is 0 Å². The Kier molecular flexibility index (Phi) is 4.54. The minimum Gasteiger partial charge on any atom is -0.387 e. The van der Waals surface area contributed by atoms with Crippen LogP contribution in [-0.2, 0) is 19.9 Å². The fraction of sp³-hybridized carbons (Fsp3) is 0.375. The standard InChI is InChI=1S/C24H24ClN3O4/c1-23(2,3)28-20(30)16-17(21(28)31)24(14-6-4-5-7-15(14)26-22(24)32)27-18(16)19(29)12-8-10-13(25)11-9-12/h4-11,16-19,27,29H,1-3H3,(H,26,32)/t16-,17-,18-,19-,24-/m1/s1. The number of nitrogens with one attached hydrogen (secondary N) is 2. The molecule has 0 unspecified atom stereocenters. The van der Waals surface area contributed by atoms with Crippen molar-refractivity contribution < 1.29 is 19.5 Å². The number of para-hydroxylation sites is 1. The Morgan fingerprint density at radius 1 is 1.03 bits per heavy atom. The number of imide groups is 1. The van der Waals surface area contributed by atoms with Gasteiger partial charge in [-0.2, -0.15) is 0 Å². The minimum atomic E-state index is -1.44. The van der Waals surface area contributed by atoms with Gasteiger partial charge in [0.05, 0.1) is 24.0 Å². The molecule has 3 aliphatic rings. The molecule has 0 bridgehead atoms. The monoisotopic (exact) mass is 453 g/mol. The molecular formula is C24H24ClN3O4. The molecule has 3 N–H and O–H groups in total. The second-order valence-corrected chi connectivity index (χ2v) is 10.1. The highest BCUT2D eigenvalue weighted by Crippen LogP contribution is 2.55. The summed E-state index contributed by atoms with van der Waals surface area (Å²) in [6, 6.07) is 13.0. The van der Waals surface area contributed by atoms with Crippen molar-refractivity contribution in [2.24, 2.45) is 11.8 Å². The molecule has 2 saturated heterocycles. The molecule has 2 fully saturated rings. The maximum Gasteiger partial charge on any atom is 0.250 e. The fourth-order valence-electron chi connectivity index (χ4n) is 5.49. The van der Waals surface area contributed by atoms with Gasteiger partial charge >= 0.3 is 0 Å². The van der Waals surface area contributed by atoms with Crippen molar-refractivity contribution >= 4 is 35.0 Å². The average molecular weight is 454 g/mol. The Morgan fingerprint density at radius 3 is 2.34 bits per heavy atom. The third-order valence-electron chi connectivity index (χ3n) is 6.78. The number of aliphatic hydroxyl groups excluding tert-OH is 1. The van der Waals surface area contributed by atoms with Gasteiger partial charge in [-0.1, -0.05) is 41.9 Å². The topological polar surface area (TPSA) is 98.7 Å². The van der Waals surface area contributed by atoms with E-state index in [-0.39, 0.29) is 5.91 Å². The molecule has 2 aromatic carbocycles. The second kappa shape index (κ2) is 6.88. The molecule has 32 heavy (non-hydrogen) atoms. The fourth-order valence-corrected chi connectivity index (χ4v) is 5.61. The lowest BCUT2D eigenvalue weighted by atomic mass is 9.76. The Bertz CT molecular complexity index is 1140. The van der Waals surface area contributed by atoms with Crippen LogP contribution in [0.4, 0.5) is 5.69 Å². The maximum atomic E-state index is 13.7. The first-order valence-electron chi connectivity index (χ1n) is 10.6. The van der Waals surface area contributed by atoms with Gasteiger partial charge in [0.25, 0.3) is 0 Å². The molecular weight excluding hydrogens is 430 g/mol. The number of likely N-dealkylation sites (tertiary alicyclic amines) is 1. The Labute approximate surface area is 190 Å². The maximum absolute atomic E-state index is 13.7. The number of amides is 3. The molecule has 5 rings (SSSR count). The zero-order valence-electron chi connectivity index (χ0n) is 17.9. The van der Waals surface area contributed by atoms with Crippen LogP contribution in [0, 0.1) is 11.8 Å². The number of carbonyl (C=O) groups excluding carboxylic acids is 3. The van der Waals surface area contributed by atoms with E-state index in [0.717, 1.165) is 0 Å². The van der Waals surface area contributed by atoms with E-state index in [4.69, 9.17) is 11.6 Å². The lowest BCUT2D eigenvalue weighted by Crippen LogP contribution is -2.56. The van der Waals surface area contributed by atoms with Gasteiger partial charge in [-0.05, 0) is 44.5 Å². The Morgan fingerprint density at radius 2 is 1.69 bits per heavy atom. The van der Waals surface area contributed by atoms with Gasteiger partial charge in [-0.25, -0.2) is 0 Å². The summed E-state index contributed by atoms with van der Waals surface area (Å²) in [6.07, 6.45) is -1.13. The third kappa shape index (κ3) is 2.71. The van der Waals surface area contributed by atoms with Crippen molar-refractivity contribution in [2.75, 3.05) is 5.32 Å². The predicted octanol–water partition coefficient (Wildman–Crippen LogP) is 2.59. The minimum absolute atomic E-state index is 0.382. The molecule has 3 heterocycles. The van der Waals surface area contributed by atoms with Crippen molar-refractivity contribution in [1.29, 1.82) is 0 Å². The van der Waals surface area contributed by atoms with E-state index in [1.807, 2.05) is 0 Å². The SMILES string of the molecule is CC(C)(C)N1C(=O)[C@H]2[C@H]([C@H](O)c3ccc(Cl)cc3)N[C@@]3(C(=O)Nc4ccccc43)[C@H]2C1=O. The lowest BCUT2D eigenvalue weighted by molar-refractivity contribution is -0.148. The summed E-state index contributed by atoms with van der Waals surface area (Å²) in [4.78, 5) is 42.0. The summed E-state index contributed by atoms with van der Waals surface area (Å²) < 4.78 is 0. The van der Waals surface area contributed by atoms with E-state index >= 15 is 0 Å². The van der Waals surface area contributed by atoms with Gasteiger partial charge in [0.1, 0.15) is 5.54 Å². The van der Waals surface area contributed by atoms with Crippen LogP contribution < -0.4 is 10.6 Å². The van der Waals surface area contributed by atoms with Crippen LogP contribution >= 0.6 is 11.6 Å². The van der Waals surface area contributed by atoms with Gasteiger partial charge in [-0.3, -0.25) is 24.6 Å². The first kappa shape index (κ1) is 21.1. The zero-order valence-corrected chi connectivity index (χ0v) is 18.7. The summed E-state index contributed by atoms with van der Waals surface area (Å²) in [5, 5.41) is 17.9. The van der Waals surface area contributed by atoms with E-state index in [2.05, 4.69) is 10.6 Å². The number of hydrogen-bond acceptors (Lipinski definition) is 5. The molecule has 2 aromatic rings. The summed E-state index contributed by atoms with van der Waals surface area (Å²) in [5.74, 6) is -3.05. The summed E-state index contributed by atoms with van der Waals surface area (Å²) in [6.45, 7) is 5.37. The molecule has 0 aliphatic carbocycles. The van der Waals surface area contributed by atoms with Crippen LogP contribution in [-0.4, -0.2) is 39.3 Å². The molecule has 0 aromatic heterocycles. The molecule has 3 amide bonds. The number of benzene rings is 2. The highest BCUT2D eigenvalue weighted by Gasteiger charge is 2.72. The number of halogens is 1. The van der Waals surface area contributed by atoms with Crippen molar-refractivity contribution in [2.45, 2.75) is 44.0 Å². The van der Waals surface area contributed by atoms with E-state index < -0.39 is 46.9 Å². The number of anilines is 1. The van der Waals surface area contributed by atoms with Gasteiger partial charge in [0.2, 0.25) is 17.7 Å². The van der Waals surface area contributed by atoms with Crippen LogP contribution in [0.25, 0.3) is 0 Å². The second-order valence-electron chi connectivity index (χ2n) is 9.66. The molecule has 166 valence electrons. The smallest absolute Gasteiger partial charge is 0.250 e. The normalized spacial score (nSPS) is 30.0. The summed E-state index contributed by atoms with van der Waals surface area (Å²) in [7, 11) is 0. The molecule has 0 saturated carbocycles. The summed E-state index contributed by atoms with van der Waals surface area (Å²) >= 11 is 5.99. The van der Waals surface area contributed by atoms with Crippen LogP contribution in [0.1, 0.15) is 38.0 Å². The largest absolute Gasteiger partial charge is 0.387 e. The van der Waals surface area contributed by atoms with Crippen LogP contribution in [0.3, 0.4) is 0 Å². The van der Waals surface area contributed by atoms with E-state index in [0.29, 0.717) is 21.8 Å². The lowest BCUT2D eigenvalue weighted by Gasteiger charge is -2.35. The molecule has 7 nitrogen and oxygen atoms in total. The molecule has 1 spiro atoms. The van der Waals surface area contributed by atoms with Crippen LogP contribution in [0.2, 0.25) is 5.02 Å². The molecule has 0 radical (unpaired) electrons. The summed E-state index contributed by atoms with van der Waals surface area (Å²) in [5.41, 5.74) is -0.442. The zero-order chi connectivity index (χ0) is 23.0. The highest BCUT2D eigenvalue weighted by molar-refractivity contribution is 6.30. The molecule has 8 heteroatoms. The number of aliphatic hydroxyl groups is 1. The average Bonchev–Trinajstić information content (AvgIpc) is 3.32. The first-order valence-corrected chi connectivity index (χ1v) is 11.0. The first-order chi connectivity index (χ1) is 15.1. The number of nitrogens with zero attached hydrogens (tertiary/aromatic N) is 1. The van der Waals surface area contributed by atoms with Gasteiger partial charge in [-0.15, -0.1) is 0 Å². The van der Waals surface area contributed by atoms with Crippen molar-refractivity contribution in [3.05, 3.63) is 64.7 Å². The predicted molar refractivity (Wildman–Crippen MR) is 119 cm³/mol. The molecule has 3 aliphatic heterocycles. The van der Waals surface area contributed by atoms with Gasteiger partial charge in [0, 0.05) is 21.8 Å².